The molecule has 6 heteroatoms. The van der Waals surface area contributed by atoms with E-state index in [1.54, 1.807) is 14.2 Å². The van der Waals surface area contributed by atoms with Crippen molar-refractivity contribution in [2.75, 3.05) is 40.6 Å². The number of unbranched alkanes of at least 4 members (excludes halogenated alkanes) is 2. The van der Waals surface area contributed by atoms with Gasteiger partial charge in [-0.05, 0) is 43.4 Å². The highest BCUT2D eigenvalue weighted by molar-refractivity contribution is 5.79. The molecule has 0 aromatic heterocycles. The smallest absolute Gasteiger partial charge is 0.231 e. The molecule has 0 radical (unpaired) electrons. The molecule has 128 valence electrons. The van der Waals surface area contributed by atoms with Gasteiger partial charge in [0.25, 0.3) is 0 Å². The van der Waals surface area contributed by atoms with Crippen molar-refractivity contribution in [3.8, 4) is 11.5 Å². The van der Waals surface area contributed by atoms with Gasteiger partial charge in [-0.25, -0.2) is 0 Å². The van der Waals surface area contributed by atoms with Gasteiger partial charge < -0.3 is 24.8 Å². The summed E-state index contributed by atoms with van der Waals surface area (Å²) in [6, 6.07) is 6.07. The fourth-order valence-electron chi connectivity index (χ4n) is 2.40. The van der Waals surface area contributed by atoms with Crippen LogP contribution in [-0.4, -0.2) is 46.6 Å². The number of hydrogen-bond acceptors (Lipinski definition) is 4. The zero-order valence-electron chi connectivity index (χ0n) is 14.1. The first-order valence-electron chi connectivity index (χ1n) is 8.15. The molecular formula is C17H27N3O3. The Hall–Kier alpha value is -1.95. The van der Waals surface area contributed by atoms with Crippen LogP contribution in [0, 0.1) is 0 Å². The van der Waals surface area contributed by atoms with Crippen LogP contribution in [0.25, 0.3) is 0 Å². The molecule has 1 heterocycles. The third-order valence-electron chi connectivity index (χ3n) is 3.68. The topological polar surface area (TPSA) is 64.1 Å². The minimum Gasteiger partial charge on any atom is -0.454 e. The minimum absolute atomic E-state index is 0.317. The van der Waals surface area contributed by atoms with Crippen LogP contribution < -0.4 is 20.1 Å². The van der Waals surface area contributed by atoms with Crippen molar-refractivity contribution in [3.05, 3.63) is 23.8 Å². The maximum absolute atomic E-state index is 5.39. The van der Waals surface area contributed by atoms with Gasteiger partial charge in [0.1, 0.15) is 0 Å². The molecule has 1 aromatic rings. The number of benzene rings is 1. The summed E-state index contributed by atoms with van der Waals surface area (Å²) in [6.07, 6.45) is 4.29. The monoisotopic (exact) mass is 321 g/mol. The van der Waals surface area contributed by atoms with Crippen molar-refractivity contribution < 1.29 is 14.2 Å². The molecule has 0 amide bonds. The first kappa shape index (κ1) is 17.4. The number of methoxy groups -OCH3 is 1. The Morgan fingerprint density at radius 3 is 2.78 bits per heavy atom. The molecule has 0 saturated heterocycles. The average molecular weight is 321 g/mol. The third-order valence-corrected chi connectivity index (χ3v) is 3.68. The summed E-state index contributed by atoms with van der Waals surface area (Å²) in [5.74, 6) is 2.51. The fraction of sp³-hybridized carbons (Fsp3) is 0.588. The second-order valence-corrected chi connectivity index (χ2v) is 5.42. The lowest BCUT2D eigenvalue weighted by Gasteiger charge is -2.12. The molecule has 1 aliphatic heterocycles. The summed E-state index contributed by atoms with van der Waals surface area (Å²) in [5.41, 5.74) is 1.22. The molecule has 2 N–H and O–H groups in total. The number of nitrogens with one attached hydrogen (secondary N) is 2. The predicted molar refractivity (Wildman–Crippen MR) is 91.4 cm³/mol. The summed E-state index contributed by atoms with van der Waals surface area (Å²) in [4.78, 5) is 4.24. The SMILES string of the molecule is CN=C(NCCCCCOC)NCCc1ccc2c(c1)OCO2. The van der Waals surface area contributed by atoms with Crippen LogP contribution in [0.5, 0.6) is 11.5 Å². The quantitative estimate of drug-likeness (QED) is 0.413. The van der Waals surface area contributed by atoms with Gasteiger partial charge in [-0.2, -0.15) is 0 Å². The third kappa shape index (κ3) is 5.98. The van der Waals surface area contributed by atoms with Crippen LogP contribution in [0.15, 0.2) is 23.2 Å². The molecule has 0 bridgehead atoms. The lowest BCUT2D eigenvalue weighted by molar-refractivity contribution is 0.174. The molecule has 2 rings (SSSR count). The maximum Gasteiger partial charge on any atom is 0.231 e. The molecule has 23 heavy (non-hydrogen) atoms. The average Bonchev–Trinajstić information content (AvgIpc) is 3.04. The van der Waals surface area contributed by atoms with Crippen LogP contribution in [0.2, 0.25) is 0 Å². The van der Waals surface area contributed by atoms with E-state index in [1.807, 2.05) is 12.1 Å². The van der Waals surface area contributed by atoms with Crippen LogP contribution >= 0.6 is 0 Å². The molecular weight excluding hydrogens is 294 g/mol. The van der Waals surface area contributed by atoms with Crippen molar-refractivity contribution in [3.63, 3.8) is 0 Å². The van der Waals surface area contributed by atoms with Crippen molar-refractivity contribution in [1.29, 1.82) is 0 Å². The lowest BCUT2D eigenvalue weighted by Crippen LogP contribution is -2.38. The van der Waals surface area contributed by atoms with Gasteiger partial charge in [-0.1, -0.05) is 6.07 Å². The van der Waals surface area contributed by atoms with E-state index >= 15 is 0 Å². The van der Waals surface area contributed by atoms with Gasteiger partial charge >= 0.3 is 0 Å². The van der Waals surface area contributed by atoms with Crippen molar-refractivity contribution in [1.82, 2.24) is 10.6 Å². The Kier molecular flexibility index (Phi) is 7.52. The largest absolute Gasteiger partial charge is 0.454 e. The second kappa shape index (κ2) is 9.94. The Morgan fingerprint density at radius 1 is 1.13 bits per heavy atom. The number of guanidine groups is 1. The van der Waals surface area contributed by atoms with E-state index in [2.05, 4.69) is 21.7 Å². The first-order chi connectivity index (χ1) is 11.3. The van der Waals surface area contributed by atoms with Crippen LogP contribution in [0.1, 0.15) is 24.8 Å². The van der Waals surface area contributed by atoms with E-state index in [0.717, 1.165) is 62.8 Å². The molecule has 1 aromatic carbocycles. The maximum atomic E-state index is 5.39. The number of ether oxygens (including phenoxy) is 3. The Morgan fingerprint density at radius 2 is 1.96 bits per heavy atom. The van der Waals surface area contributed by atoms with Crippen LogP contribution in [0.4, 0.5) is 0 Å². The van der Waals surface area contributed by atoms with E-state index in [-0.39, 0.29) is 0 Å². The zero-order valence-corrected chi connectivity index (χ0v) is 14.1. The number of hydrogen-bond donors (Lipinski definition) is 2. The van der Waals surface area contributed by atoms with Gasteiger partial charge in [-0.3, -0.25) is 4.99 Å². The summed E-state index contributed by atoms with van der Waals surface area (Å²) in [7, 11) is 3.53. The Bertz CT molecular complexity index is 506. The van der Waals surface area contributed by atoms with E-state index < -0.39 is 0 Å². The molecule has 0 fully saturated rings. The van der Waals surface area contributed by atoms with Gasteiger partial charge in [0, 0.05) is 33.9 Å². The zero-order chi connectivity index (χ0) is 16.3. The number of fused-ring (bicyclic) bond motifs is 1. The van der Waals surface area contributed by atoms with Gasteiger partial charge in [0.05, 0.1) is 0 Å². The standard InChI is InChI=1S/C17H27N3O3/c1-18-17(19-9-4-3-5-11-21-2)20-10-8-14-6-7-15-16(12-14)23-13-22-15/h6-7,12H,3-5,8-11,13H2,1-2H3,(H2,18,19,20). The molecule has 0 atom stereocenters. The van der Waals surface area contributed by atoms with Gasteiger partial charge in [0.15, 0.2) is 17.5 Å². The minimum atomic E-state index is 0.317. The molecule has 0 saturated carbocycles. The highest BCUT2D eigenvalue weighted by atomic mass is 16.7. The number of nitrogens with zero attached hydrogens (tertiary/aromatic N) is 1. The molecule has 0 aliphatic carbocycles. The Labute approximate surface area is 138 Å². The summed E-state index contributed by atoms with van der Waals surface area (Å²) >= 11 is 0. The molecule has 1 aliphatic rings. The predicted octanol–water partition coefficient (Wildman–Crippen LogP) is 1.94. The van der Waals surface area contributed by atoms with Gasteiger partial charge in [0.2, 0.25) is 6.79 Å². The summed E-state index contributed by atoms with van der Waals surface area (Å²) in [6.45, 7) is 2.90. The summed E-state index contributed by atoms with van der Waals surface area (Å²) < 4.78 is 15.8. The normalized spacial score (nSPS) is 13.2. The number of rotatable bonds is 9. The fourth-order valence-corrected chi connectivity index (χ4v) is 2.40. The van der Waals surface area contributed by atoms with Crippen molar-refractivity contribution in [2.24, 2.45) is 4.99 Å². The van der Waals surface area contributed by atoms with Crippen molar-refractivity contribution >= 4 is 5.96 Å². The van der Waals surface area contributed by atoms with E-state index in [0.29, 0.717) is 6.79 Å². The summed E-state index contributed by atoms with van der Waals surface area (Å²) in [5, 5.41) is 6.66. The van der Waals surface area contributed by atoms with E-state index in [9.17, 15) is 0 Å². The van der Waals surface area contributed by atoms with E-state index in [4.69, 9.17) is 14.2 Å². The highest BCUT2D eigenvalue weighted by Crippen LogP contribution is 2.32. The molecule has 0 unspecified atom stereocenters. The highest BCUT2D eigenvalue weighted by Gasteiger charge is 2.12. The van der Waals surface area contributed by atoms with E-state index in [1.165, 1.54) is 5.56 Å². The lowest BCUT2D eigenvalue weighted by atomic mass is 10.1. The molecule has 6 nitrogen and oxygen atoms in total. The van der Waals surface area contributed by atoms with Crippen LogP contribution in [-0.2, 0) is 11.2 Å². The van der Waals surface area contributed by atoms with Crippen molar-refractivity contribution in [2.45, 2.75) is 25.7 Å². The Balaban J connectivity index is 1.62. The number of aliphatic imine (C=N–C) groups is 1. The molecule has 0 spiro atoms. The first-order valence-corrected chi connectivity index (χ1v) is 8.15. The van der Waals surface area contributed by atoms with Crippen LogP contribution in [0.3, 0.4) is 0 Å². The second-order valence-electron chi connectivity index (χ2n) is 5.42. The van der Waals surface area contributed by atoms with Gasteiger partial charge in [-0.15, -0.1) is 0 Å².